The molecule has 2 atom stereocenters. The summed E-state index contributed by atoms with van der Waals surface area (Å²) in [6, 6.07) is 0. The van der Waals surface area contributed by atoms with E-state index in [9.17, 15) is 19.5 Å². The number of esters is 2. The Morgan fingerprint density at radius 2 is 0.857 bits per heavy atom. The van der Waals surface area contributed by atoms with Gasteiger partial charge in [0.1, 0.15) is 13.2 Å². The van der Waals surface area contributed by atoms with E-state index in [1.54, 1.807) is 0 Å². The van der Waals surface area contributed by atoms with Crippen molar-refractivity contribution in [1.29, 1.82) is 0 Å². The van der Waals surface area contributed by atoms with Gasteiger partial charge in [0.05, 0.1) is 34.4 Å². The molecule has 0 aliphatic heterocycles. The van der Waals surface area contributed by atoms with E-state index < -0.39 is 24.3 Å². The zero-order valence-electron chi connectivity index (χ0n) is 40.2. The molecule has 0 aliphatic carbocycles. The first-order valence-corrected chi connectivity index (χ1v) is 24.1. The standard InChI is InChI=1S/C54H87NO8/c1-6-8-10-12-14-16-18-20-22-24-26-28-30-32-34-36-38-40-42-44-51(56)61-48-50(49-62-54(53(58)59)60-47-46-55(3,4)5)63-52(57)45-43-41-39-37-35-33-31-29-27-25-23-21-19-17-15-13-11-9-7-2/h8-11,14-17,20-23,26-29,33,35,50,54H,6-7,12-13,18-19,24-25,30-32,34,36-49H2,1-5H3/p+1/b10-8-,11-9-,16-14-,17-15-,22-20-,23-21-,28-26-,29-27-,35-33-. The molecular formula is C54H88NO8+. The Bertz CT molecular complexity index is 1390. The van der Waals surface area contributed by atoms with Crippen LogP contribution in [0, 0.1) is 0 Å². The molecule has 0 aromatic carbocycles. The van der Waals surface area contributed by atoms with Crippen molar-refractivity contribution >= 4 is 17.9 Å². The smallest absolute Gasteiger partial charge is 0.361 e. The summed E-state index contributed by atoms with van der Waals surface area (Å²) < 4.78 is 22.7. The van der Waals surface area contributed by atoms with Crippen molar-refractivity contribution in [1.82, 2.24) is 0 Å². The van der Waals surface area contributed by atoms with E-state index in [0.29, 0.717) is 17.4 Å². The van der Waals surface area contributed by atoms with Crippen LogP contribution in [-0.4, -0.2) is 87.4 Å². The van der Waals surface area contributed by atoms with Gasteiger partial charge in [0.15, 0.2) is 6.10 Å². The number of hydrogen-bond acceptors (Lipinski definition) is 7. The van der Waals surface area contributed by atoms with Crippen molar-refractivity contribution < 1.29 is 42.9 Å². The van der Waals surface area contributed by atoms with Gasteiger partial charge in [-0.15, -0.1) is 0 Å². The highest BCUT2D eigenvalue weighted by Gasteiger charge is 2.25. The zero-order chi connectivity index (χ0) is 46.3. The highest BCUT2D eigenvalue weighted by Crippen LogP contribution is 2.12. The third-order valence-corrected chi connectivity index (χ3v) is 9.52. The number of ether oxygens (including phenoxy) is 4. The molecule has 0 saturated heterocycles. The maximum Gasteiger partial charge on any atom is 0.361 e. The van der Waals surface area contributed by atoms with E-state index in [-0.39, 0.29) is 38.6 Å². The zero-order valence-corrected chi connectivity index (χ0v) is 40.2. The SMILES string of the molecule is CC/C=C\C/C=C\C/C=C\C/C=C\C/C=C\CCCCCC(=O)OC(COC(=O)CCCCCCCC/C=C\C/C=C\C/C=C\C/C=C\CC)COC(OCC[N+](C)(C)C)C(=O)O. The lowest BCUT2D eigenvalue weighted by molar-refractivity contribution is -0.870. The van der Waals surface area contributed by atoms with E-state index >= 15 is 0 Å². The van der Waals surface area contributed by atoms with Gasteiger partial charge in [-0.3, -0.25) is 9.59 Å². The maximum atomic E-state index is 12.8. The first-order valence-electron chi connectivity index (χ1n) is 24.1. The lowest BCUT2D eigenvalue weighted by atomic mass is 10.1. The van der Waals surface area contributed by atoms with E-state index in [2.05, 4.69) is 123 Å². The summed E-state index contributed by atoms with van der Waals surface area (Å²) in [7, 11) is 5.93. The summed E-state index contributed by atoms with van der Waals surface area (Å²) in [5, 5.41) is 9.66. The van der Waals surface area contributed by atoms with Crippen molar-refractivity contribution in [3.63, 3.8) is 0 Å². The van der Waals surface area contributed by atoms with Crippen LogP contribution in [0.1, 0.15) is 155 Å². The fraction of sp³-hybridized carbons (Fsp3) is 0.611. The molecule has 0 amide bonds. The Balaban J connectivity index is 4.51. The number of carbonyl (C=O) groups is 3. The predicted molar refractivity (Wildman–Crippen MR) is 262 cm³/mol. The van der Waals surface area contributed by atoms with Crippen molar-refractivity contribution in [3.8, 4) is 0 Å². The second-order valence-corrected chi connectivity index (χ2v) is 16.7. The molecule has 0 saturated carbocycles. The third-order valence-electron chi connectivity index (χ3n) is 9.52. The number of carboxylic acids is 1. The van der Waals surface area contributed by atoms with Gasteiger partial charge in [0, 0.05) is 12.8 Å². The van der Waals surface area contributed by atoms with Gasteiger partial charge in [0.2, 0.25) is 0 Å². The van der Waals surface area contributed by atoms with Gasteiger partial charge in [-0.2, -0.15) is 0 Å². The summed E-state index contributed by atoms with van der Waals surface area (Å²) in [6.07, 6.45) is 57.2. The van der Waals surface area contributed by atoms with Crippen molar-refractivity contribution in [2.75, 3.05) is 47.5 Å². The van der Waals surface area contributed by atoms with Gasteiger partial charge in [-0.1, -0.05) is 155 Å². The predicted octanol–water partition coefficient (Wildman–Crippen LogP) is 13.2. The van der Waals surface area contributed by atoms with Crippen LogP contribution in [-0.2, 0) is 33.3 Å². The number of allylic oxidation sites excluding steroid dienone is 18. The van der Waals surface area contributed by atoms with Crippen LogP contribution in [0.25, 0.3) is 0 Å². The molecule has 63 heavy (non-hydrogen) atoms. The molecule has 0 aliphatic rings. The molecule has 1 N–H and O–H groups in total. The molecule has 9 nitrogen and oxygen atoms in total. The van der Waals surface area contributed by atoms with Crippen molar-refractivity contribution in [2.24, 2.45) is 0 Å². The Hall–Kier alpha value is -4.05. The molecule has 0 heterocycles. The van der Waals surface area contributed by atoms with Crippen molar-refractivity contribution in [2.45, 2.75) is 167 Å². The molecule has 0 radical (unpaired) electrons. The van der Waals surface area contributed by atoms with E-state index in [1.165, 1.54) is 0 Å². The quantitative estimate of drug-likeness (QED) is 0.0212. The Morgan fingerprint density at radius 1 is 0.476 bits per heavy atom. The average molecular weight is 879 g/mol. The molecule has 356 valence electrons. The van der Waals surface area contributed by atoms with Crippen LogP contribution in [0.4, 0.5) is 0 Å². The molecular weight excluding hydrogens is 791 g/mol. The van der Waals surface area contributed by atoms with E-state index in [4.69, 9.17) is 18.9 Å². The number of unbranched alkanes of at least 4 members (excludes halogenated alkanes) is 9. The number of carboxylic acid groups (broad SMARTS) is 1. The first kappa shape index (κ1) is 58.9. The van der Waals surface area contributed by atoms with Crippen LogP contribution < -0.4 is 0 Å². The minimum absolute atomic E-state index is 0.171. The highest BCUT2D eigenvalue weighted by molar-refractivity contribution is 5.71. The largest absolute Gasteiger partial charge is 0.477 e. The number of nitrogens with zero attached hydrogens (tertiary/aromatic N) is 1. The normalized spacial score (nSPS) is 13.9. The number of hydrogen-bond donors (Lipinski definition) is 1. The fourth-order valence-electron chi connectivity index (χ4n) is 5.85. The second kappa shape index (κ2) is 44.6. The van der Waals surface area contributed by atoms with Crippen LogP contribution in [0.2, 0.25) is 0 Å². The molecule has 0 spiro atoms. The summed E-state index contributed by atoms with van der Waals surface area (Å²) in [5.41, 5.74) is 0. The van der Waals surface area contributed by atoms with Crippen LogP contribution in [0.15, 0.2) is 109 Å². The summed E-state index contributed by atoms with van der Waals surface area (Å²) in [5.74, 6) is -2.09. The summed E-state index contributed by atoms with van der Waals surface area (Å²) in [4.78, 5) is 37.2. The highest BCUT2D eigenvalue weighted by atomic mass is 16.7. The second-order valence-electron chi connectivity index (χ2n) is 16.7. The van der Waals surface area contributed by atoms with Gasteiger partial charge < -0.3 is 28.5 Å². The Kier molecular flexibility index (Phi) is 41.7. The first-order chi connectivity index (χ1) is 30.6. The number of aliphatic carboxylic acids is 1. The molecule has 0 rings (SSSR count). The molecule has 0 aromatic rings. The Labute approximate surface area is 384 Å². The molecule has 0 bridgehead atoms. The van der Waals surface area contributed by atoms with Crippen LogP contribution in [0.5, 0.6) is 0 Å². The molecule has 9 heteroatoms. The number of quaternary nitrogens is 1. The number of rotatable bonds is 42. The lowest BCUT2D eigenvalue weighted by Crippen LogP contribution is -2.40. The molecule has 2 unspecified atom stereocenters. The minimum Gasteiger partial charge on any atom is -0.477 e. The number of carbonyl (C=O) groups excluding carboxylic acids is 2. The lowest BCUT2D eigenvalue weighted by Gasteiger charge is -2.25. The minimum atomic E-state index is -1.53. The third kappa shape index (κ3) is 45.8. The van der Waals surface area contributed by atoms with Crippen molar-refractivity contribution in [3.05, 3.63) is 109 Å². The molecule has 0 fully saturated rings. The van der Waals surface area contributed by atoms with Gasteiger partial charge in [-0.05, 0) is 96.3 Å². The van der Waals surface area contributed by atoms with E-state index in [1.807, 2.05) is 21.1 Å². The topological polar surface area (TPSA) is 108 Å². The van der Waals surface area contributed by atoms with Crippen LogP contribution >= 0.6 is 0 Å². The van der Waals surface area contributed by atoms with Gasteiger partial charge >= 0.3 is 17.9 Å². The maximum absolute atomic E-state index is 12.8. The van der Waals surface area contributed by atoms with Gasteiger partial charge in [-0.25, -0.2) is 4.79 Å². The fourth-order valence-corrected chi connectivity index (χ4v) is 5.85. The monoisotopic (exact) mass is 879 g/mol. The molecule has 0 aromatic heterocycles. The Morgan fingerprint density at radius 3 is 1.29 bits per heavy atom. The number of likely N-dealkylation sites (N-methyl/N-ethyl adjacent to an activating group) is 1. The summed E-state index contributed by atoms with van der Waals surface area (Å²) in [6.45, 7) is 4.56. The average Bonchev–Trinajstić information content (AvgIpc) is 3.24. The summed E-state index contributed by atoms with van der Waals surface area (Å²) >= 11 is 0. The van der Waals surface area contributed by atoms with Crippen LogP contribution in [0.3, 0.4) is 0 Å². The van der Waals surface area contributed by atoms with E-state index in [0.717, 1.165) is 122 Å². The van der Waals surface area contributed by atoms with Gasteiger partial charge in [0.25, 0.3) is 6.29 Å².